The van der Waals surface area contributed by atoms with E-state index in [1.807, 2.05) is 18.2 Å². The van der Waals surface area contributed by atoms with Crippen LogP contribution in [0.1, 0.15) is 11.8 Å². The summed E-state index contributed by atoms with van der Waals surface area (Å²) in [6.45, 7) is 0.344. The van der Waals surface area contributed by atoms with Gasteiger partial charge in [-0.15, -0.1) is 13.2 Å². The fourth-order valence-electron chi connectivity index (χ4n) is 2.93. The van der Waals surface area contributed by atoms with Crippen molar-refractivity contribution in [1.29, 1.82) is 0 Å². The quantitative estimate of drug-likeness (QED) is 0.679. The van der Waals surface area contributed by atoms with Crippen molar-refractivity contribution in [2.24, 2.45) is 0 Å². The number of hydrogen-bond acceptors (Lipinski definition) is 4. The zero-order valence-corrected chi connectivity index (χ0v) is 13.4. The van der Waals surface area contributed by atoms with E-state index in [9.17, 15) is 13.2 Å². The van der Waals surface area contributed by atoms with Crippen LogP contribution in [0.25, 0.3) is 11.1 Å². The third-order valence-corrected chi connectivity index (χ3v) is 4.00. The summed E-state index contributed by atoms with van der Waals surface area (Å²) < 4.78 is 52.7. The van der Waals surface area contributed by atoms with E-state index in [1.54, 1.807) is 24.5 Å². The molecule has 1 aromatic heterocycles. The first kappa shape index (κ1) is 16.4. The fourth-order valence-corrected chi connectivity index (χ4v) is 2.93. The smallest absolute Gasteiger partial charge is 0.488 e. The third kappa shape index (κ3) is 3.33. The lowest BCUT2D eigenvalue weighted by Gasteiger charge is -2.28. The van der Waals surface area contributed by atoms with Crippen LogP contribution in [0.2, 0.25) is 0 Å². The monoisotopic (exact) mass is 361 g/mol. The van der Waals surface area contributed by atoms with E-state index in [4.69, 9.17) is 9.15 Å². The van der Waals surface area contributed by atoms with Gasteiger partial charge in [0.25, 0.3) is 0 Å². The Hall–Kier alpha value is -3.09. The maximum Gasteiger partial charge on any atom is 0.573 e. The Morgan fingerprint density at radius 2 is 1.88 bits per heavy atom. The zero-order valence-electron chi connectivity index (χ0n) is 13.4. The Morgan fingerprint density at radius 1 is 1.04 bits per heavy atom. The van der Waals surface area contributed by atoms with Crippen molar-refractivity contribution in [2.75, 3.05) is 11.9 Å². The summed E-state index contributed by atoms with van der Waals surface area (Å²) in [6, 6.07) is 14.8. The van der Waals surface area contributed by atoms with Gasteiger partial charge in [0.1, 0.15) is 29.9 Å². The summed E-state index contributed by atoms with van der Waals surface area (Å²) in [5.74, 6) is 1.06. The summed E-state index contributed by atoms with van der Waals surface area (Å²) in [5.41, 5.74) is 2.00. The molecule has 134 valence electrons. The van der Waals surface area contributed by atoms with E-state index in [0.29, 0.717) is 23.5 Å². The Balaban J connectivity index is 1.65. The van der Waals surface area contributed by atoms with E-state index in [2.05, 4.69) is 10.1 Å². The Labute approximate surface area is 147 Å². The molecule has 4 rings (SSSR count). The molecule has 1 atom stereocenters. The van der Waals surface area contributed by atoms with Gasteiger partial charge in [-0.1, -0.05) is 24.3 Å². The lowest BCUT2D eigenvalue weighted by atomic mass is 10.0. The number of halogens is 3. The lowest BCUT2D eigenvalue weighted by molar-refractivity contribution is -0.274. The van der Waals surface area contributed by atoms with E-state index >= 15 is 0 Å². The standard InChI is InChI=1S/C19H14F3NO3/c20-19(21,22)26-13-5-1-4-12(10-13)14-6-2-7-15-18(14)25-11-16(23-15)17-8-3-9-24-17/h1-10,16,23H,11H2. The molecule has 26 heavy (non-hydrogen) atoms. The van der Waals surface area contributed by atoms with Crippen LogP contribution in [0, 0.1) is 0 Å². The van der Waals surface area contributed by atoms with Gasteiger partial charge in [0.2, 0.25) is 0 Å². The number of fused-ring (bicyclic) bond motifs is 1. The minimum Gasteiger partial charge on any atom is -0.488 e. The number of alkyl halides is 3. The average Bonchev–Trinajstić information content (AvgIpc) is 3.14. The Morgan fingerprint density at radius 3 is 2.65 bits per heavy atom. The molecule has 0 bridgehead atoms. The minimum absolute atomic E-state index is 0.132. The second-order valence-corrected chi connectivity index (χ2v) is 5.78. The topological polar surface area (TPSA) is 43.6 Å². The van der Waals surface area contributed by atoms with Crippen molar-refractivity contribution in [3.63, 3.8) is 0 Å². The third-order valence-electron chi connectivity index (χ3n) is 4.00. The Bertz CT molecular complexity index is 907. The first-order valence-corrected chi connectivity index (χ1v) is 7.91. The molecule has 0 fully saturated rings. The molecule has 0 aliphatic carbocycles. The number of ether oxygens (including phenoxy) is 2. The van der Waals surface area contributed by atoms with Crippen LogP contribution in [0.5, 0.6) is 11.5 Å². The molecular formula is C19H14F3NO3. The molecule has 2 heterocycles. The molecule has 0 amide bonds. The highest BCUT2D eigenvalue weighted by atomic mass is 19.4. The summed E-state index contributed by atoms with van der Waals surface area (Å²) >= 11 is 0. The molecule has 7 heteroatoms. The highest BCUT2D eigenvalue weighted by molar-refractivity contribution is 5.79. The van der Waals surface area contributed by atoms with Crippen molar-refractivity contribution in [3.05, 3.63) is 66.6 Å². The second kappa shape index (κ2) is 6.33. The van der Waals surface area contributed by atoms with E-state index < -0.39 is 6.36 Å². The van der Waals surface area contributed by atoms with E-state index in [-0.39, 0.29) is 11.8 Å². The van der Waals surface area contributed by atoms with E-state index in [1.165, 1.54) is 18.2 Å². The largest absolute Gasteiger partial charge is 0.573 e. The van der Waals surface area contributed by atoms with Crippen molar-refractivity contribution in [2.45, 2.75) is 12.4 Å². The zero-order chi connectivity index (χ0) is 18.1. The number of benzene rings is 2. The maximum absolute atomic E-state index is 12.5. The predicted molar refractivity (Wildman–Crippen MR) is 89.1 cm³/mol. The SMILES string of the molecule is FC(F)(F)Oc1cccc(-c2cccc3c2OCC(c2ccco2)N3)c1. The van der Waals surface area contributed by atoms with Gasteiger partial charge in [0.05, 0.1) is 12.0 Å². The van der Waals surface area contributed by atoms with Crippen molar-refractivity contribution in [1.82, 2.24) is 0 Å². The fraction of sp³-hybridized carbons (Fsp3) is 0.158. The first-order valence-electron chi connectivity index (χ1n) is 7.91. The first-order chi connectivity index (χ1) is 12.5. The number of rotatable bonds is 3. The highest BCUT2D eigenvalue weighted by Crippen LogP contribution is 2.42. The molecule has 1 unspecified atom stereocenters. The number of nitrogens with one attached hydrogen (secondary N) is 1. The molecule has 0 saturated heterocycles. The van der Waals surface area contributed by atoms with Gasteiger partial charge in [-0.25, -0.2) is 0 Å². The number of furan rings is 1. The minimum atomic E-state index is -4.73. The normalized spacial score (nSPS) is 16.3. The molecule has 4 nitrogen and oxygen atoms in total. The van der Waals surface area contributed by atoms with Crippen LogP contribution in [0.3, 0.4) is 0 Å². The number of para-hydroxylation sites is 1. The average molecular weight is 361 g/mol. The van der Waals surface area contributed by atoms with Crippen molar-refractivity contribution in [3.8, 4) is 22.6 Å². The number of hydrogen-bond donors (Lipinski definition) is 1. The molecule has 2 aromatic carbocycles. The van der Waals surface area contributed by atoms with Gasteiger partial charge in [-0.2, -0.15) is 0 Å². The van der Waals surface area contributed by atoms with E-state index in [0.717, 1.165) is 11.4 Å². The summed E-state index contributed by atoms with van der Waals surface area (Å²) in [4.78, 5) is 0. The van der Waals surface area contributed by atoms with Gasteiger partial charge < -0.3 is 19.2 Å². The van der Waals surface area contributed by atoms with Gasteiger partial charge in [0, 0.05) is 5.56 Å². The lowest BCUT2D eigenvalue weighted by Crippen LogP contribution is -2.23. The summed E-state index contributed by atoms with van der Waals surface area (Å²) in [5, 5.41) is 3.33. The molecule has 0 spiro atoms. The van der Waals surface area contributed by atoms with Crippen LogP contribution in [-0.4, -0.2) is 13.0 Å². The molecule has 0 radical (unpaired) electrons. The molecule has 1 aliphatic heterocycles. The van der Waals surface area contributed by atoms with Crippen LogP contribution >= 0.6 is 0 Å². The van der Waals surface area contributed by atoms with Crippen LogP contribution in [0.4, 0.5) is 18.9 Å². The summed E-state index contributed by atoms with van der Waals surface area (Å²) in [7, 11) is 0. The predicted octanol–water partition coefficient (Wildman–Crippen LogP) is 5.39. The highest BCUT2D eigenvalue weighted by Gasteiger charge is 2.31. The van der Waals surface area contributed by atoms with Crippen LogP contribution < -0.4 is 14.8 Å². The van der Waals surface area contributed by atoms with Gasteiger partial charge in [-0.05, 0) is 35.9 Å². The summed E-state index contributed by atoms with van der Waals surface area (Å²) in [6.07, 6.45) is -3.14. The molecule has 1 aliphatic rings. The van der Waals surface area contributed by atoms with Crippen LogP contribution in [0.15, 0.2) is 65.3 Å². The Kier molecular flexibility index (Phi) is 3.99. The maximum atomic E-state index is 12.5. The number of anilines is 1. The van der Waals surface area contributed by atoms with Crippen molar-refractivity contribution < 1.29 is 27.1 Å². The van der Waals surface area contributed by atoms with Crippen molar-refractivity contribution >= 4 is 5.69 Å². The molecule has 0 saturated carbocycles. The van der Waals surface area contributed by atoms with Crippen LogP contribution in [-0.2, 0) is 0 Å². The van der Waals surface area contributed by atoms with Gasteiger partial charge in [-0.3, -0.25) is 0 Å². The molecular weight excluding hydrogens is 347 g/mol. The molecule has 1 N–H and O–H groups in total. The van der Waals surface area contributed by atoms with Gasteiger partial charge >= 0.3 is 6.36 Å². The molecule has 3 aromatic rings. The van der Waals surface area contributed by atoms with Gasteiger partial charge in [0.15, 0.2) is 0 Å². The second-order valence-electron chi connectivity index (χ2n) is 5.78.